The van der Waals surface area contributed by atoms with Crippen LogP contribution in [0.2, 0.25) is 20.1 Å². The van der Waals surface area contributed by atoms with E-state index in [0.717, 1.165) is 0 Å². The minimum Gasteiger partial charge on any atom is -0.452 e. The van der Waals surface area contributed by atoms with Gasteiger partial charge >= 0.3 is 5.97 Å². The van der Waals surface area contributed by atoms with Crippen LogP contribution in [0.1, 0.15) is 5.56 Å². The summed E-state index contributed by atoms with van der Waals surface area (Å²) in [4.78, 5) is 23.4. The van der Waals surface area contributed by atoms with E-state index >= 15 is 0 Å². The maximum absolute atomic E-state index is 11.8. The fourth-order valence-corrected chi connectivity index (χ4v) is 2.41. The van der Waals surface area contributed by atoms with E-state index in [-0.39, 0.29) is 5.02 Å². The van der Waals surface area contributed by atoms with Crippen LogP contribution in [-0.4, -0.2) is 18.5 Å². The molecule has 2 aromatic rings. The van der Waals surface area contributed by atoms with Crippen molar-refractivity contribution >= 4 is 70.0 Å². The van der Waals surface area contributed by atoms with E-state index in [1.165, 1.54) is 12.2 Å². The number of hydrogen-bond donors (Lipinski definition) is 1. The number of amides is 1. The first-order valence-electron chi connectivity index (χ1n) is 6.90. The molecule has 1 amide bonds. The minimum absolute atomic E-state index is 0.211. The van der Waals surface area contributed by atoms with Crippen molar-refractivity contribution in [1.29, 1.82) is 0 Å². The third kappa shape index (κ3) is 5.94. The van der Waals surface area contributed by atoms with Gasteiger partial charge in [-0.05, 0) is 35.9 Å². The Morgan fingerprint density at radius 1 is 1.00 bits per heavy atom. The molecule has 8 heteroatoms. The molecular weight excluding hydrogens is 408 g/mol. The van der Waals surface area contributed by atoms with Crippen LogP contribution in [-0.2, 0) is 14.3 Å². The van der Waals surface area contributed by atoms with Crippen molar-refractivity contribution in [3.8, 4) is 0 Å². The average Bonchev–Trinajstić information content (AvgIpc) is 2.58. The Morgan fingerprint density at radius 3 is 2.48 bits per heavy atom. The zero-order chi connectivity index (χ0) is 18.4. The first kappa shape index (κ1) is 19.6. The van der Waals surface area contributed by atoms with E-state index in [2.05, 4.69) is 5.32 Å². The second kappa shape index (κ2) is 9.11. The number of esters is 1. The van der Waals surface area contributed by atoms with Gasteiger partial charge in [-0.1, -0.05) is 58.5 Å². The van der Waals surface area contributed by atoms with E-state index in [0.29, 0.717) is 26.3 Å². The van der Waals surface area contributed by atoms with Crippen molar-refractivity contribution in [3.05, 3.63) is 68.1 Å². The minimum atomic E-state index is -0.682. The largest absolute Gasteiger partial charge is 0.452 e. The van der Waals surface area contributed by atoms with Gasteiger partial charge in [0.1, 0.15) is 0 Å². The highest BCUT2D eigenvalue weighted by molar-refractivity contribution is 6.44. The van der Waals surface area contributed by atoms with Crippen LogP contribution in [0.4, 0.5) is 5.69 Å². The van der Waals surface area contributed by atoms with Crippen LogP contribution in [0.5, 0.6) is 0 Å². The third-order valence-corrected chi connectivity index (χ3v) is 4.48. The molecule has 1 N–H and O–H groups in total. The molecule has 0 fully saturated rings. The molecule has 0 bridgehead atoms. The first-order chi connectivity index (χ1) is 11.9. The molecule has 0 radical (unpaired) electrons. The topological polar surface area (TPSA) is 55.4 Å². The number of rotatable bonds is 5. The number of nitrogens with one attached hydrogen (secondary N) is 1. The van der Waals surface area contributed by atoms with Gasteiger partial charge in [0.15, 0.2) is 6.61 Å². The lowest BCUT2D eigenvalue weighted by molar-refractivity contribution is -0.142. The molecule has 0 atom stereocenters. The molecule has 0 aliphatic carbocycles. The number of anilines is 1. The quantitative estimate of drug-likeness (QED) is 0.515. The normalized spacial score (nSPS) is 10.7. The van der Waals surface area contributed by atoms with Gasteiger partial charge in [0.2, 0.25) is 0 Å². The van der Waals surface area contributed by atoms with Gasteiger partial charge in [0.05, 0.1) is 25.8 Å². The first-order valence-corrected chi connectivity index (χ1v) is 8.42. The fourth-order valence-electron chi connectivity index (χ4n) is 1.75. The van der Waals surface area contributed by atoms with E-state index < -0.39 is 18.5 Å². The molecule has 0 spiro atoms. The fraction of sp³-hybridized carbons (Fsp3) is 0.0588. The lowest BCUT2D eigenvalue weighted by Crippen LogP contribution is -2.20. The van der Waals surface area contributed by atoms with E-state index in [9.17, 15) is 9.59 Å². The number of carbonyl (C=O) groups is 2. The Balaban J connectivity index is 1.86. The van der Waals surface area contributed by atoms with E-state index in [1.807, 2.05) is 0 Å². The Morgan fingerprint density at radius 2 is 1.76 bits per heavy atom. The summed E-state index contributed by atoms with van der Waals surface area (Å²) in [6.07, 6.45) is 2.68. The van der Waals surface area contributed by atoms with Gasteiger partial charge in [-0.3, -0.25) is 4.79 Å². The van der Waals surface area contributed by atoms with Crippen LogP contribution in [0.15, 0.2) is 42.5 Å². The monoisotopic (exact) mass is 417 g/mol. The molecule has 0 aliphatic rings. The number of benzene rings is 2. The standard InChI is InChI=1S/C17H11Cl4NO3/c18-11-6-4-10(8-13(11)20)5-7-16(24)25-9-15(23)22-14-3-1-2-12(19)17(14)21/h1-8H,9H2,(H,22,23). The lowest BCUT2D eigenvalue weighted by Gasteiger charge is -2.08. The summed E-state index contributed by atoms with van der Waals surface area (Å²) in [5.74, 6) is -1.22. The Hall–Kier alpha value is -1.72. The SMILES string of the molecule is O=C(COC(=O)C=Cc1ccc(Cl)c(Cl)c1)Nc1cccc(Cl)c1Cl. The zero-order valence-electron chi connectivity index (χ0n) is 12.6. The zero-order valence-corrected chi connectivity index (χ0v) is 15.6. The molecule has 2 rings (SSSR count). The molecule has 0 aromatic heterocycles. The van der Waals surface area contributed by atoms with Gasteiger partial charge in [0.25, 0.3) is 5.91 Å². The van der Waals surface area contributed by atoms with Crippen LogP contribution < -0.4 is 5.32 Å². The Bertz CT molecular complexity index is 837. The summed E-state index contributed by atoms with van der Waals surface area (Å²) >= 11 is 23.5. The summed E-state index contributed by atoms with van der Waals surface area (Å²) in [5.41, 5.74) is 1.00. The average molecular weight is 419 g/mol. The summed E-state index contributed by atoms with van der Waals surface area (Å²) in [5, 5.41) is 3.81. The molecule has 25 heavy (non-hydrogen) atoms. The molecule has 0 heterocycles. The van der Waals surface area contributed by atoms with Gasteiger partial charge in [-0.25, -0.2) is 4.79 Å². The smallest absolute Gasteiger partial charge is 0.331 e. The molecule has 4 nitrogen and oxygen atoms in total. The van der Waals surface area contributed by atoms with Crippen LogP contribution in [0.3, 0.4) is 0 Å². The van der Waals surface area contributed by atoms with Crippen LogP contribution >= 0.6 is 46.4 Å². The molecule has 0 aliphatic heterocycles. The van der Waals surface area contributed by atoms with E-state index in [1.54, 1.807) is 36.4 Å². The number of hydrogen-bond acceptors (Lipinski definition) is 3. The number of ether oxygens (including phenoxy) is 1. The van der Waals surface area contributed by atoms with Crippen molar-refractivity contribution in [3.63, 3.8) is 0 Å². The third-order valence-electron chi connectivity index (χ3n) is 2.93. The second-order valence-corrected chi connectivity index (χ2v) is 6.36. The van der Waals surface area contributed by atoms with Crippen molar-refractivity contribution < 1.29 is 14.3 Å². The molecule has 130 valence electrons. The summed E-state index contributed by atoms with van der Waals surface area (Å²) in [6, 6.07) is 9.70. The molecule has 0 unspecified atom stereocenters. The molecule has 0 saturated heterocycles. The van der Waals surface area contributed by atoms with Crippen molar-refractivity contribution in [2.45, 2.75) is 0 Å². The number of halogens is 4. The summed E-state index contributed by atoms with van der Waals surface area (Å²) in [7, 11) is 0. The van der Waals surface area contributed by atoms with Gasteiger partial charge in [-0.2, -0.15) is 0 Å². The highest BCUT2D eigenvalue weighted by atomic mass is 35.5. The van der Waals surface area contributed by atoms with Gasteiger partial charge in [0, 0.05) is 6.08 Å². The maximum Gasteiger partial charge on any atom is 0.331 e. The summed E-state index contributed by atoms with van der Waals surface area (Å²) < 4.78 is 4.85. The van der Waals surface area contributed by atoms with Crippen LogP contribution in [0.25, 0.3) is 6.08 Å². The summed E-state index contributed by atoms with van der Waals surface area (Å²) in [6.45, 7) is -0.465. The highest BCUT2D eigenvalue weighted by Gasteiger charge is 2.10. The van der Waals surface area contributed by atoms with E-state index in [4.69, 9.17) is 51.1 Å². The van der Waals surface area contributed by atoms with Gasteiger partial charge < -0.3 is 10.1 Å². The predicted molar refractivity (Wildman–Crippen MR) is 102 cm³/mol. The van der Waals surface area contributed by atoms with Crippen molar-refractivity contribution in [1.82, 2.24) is 0 Å². The van der Waals surface area contributed by atoms with Crippen LogP contribution in [0, 0.1) is 0 Å². The molecular formula is C17H11Cl4NO3. The molecule has 2 aromatic carbocycles. The number of carbonyl (C=O) groups excluding carboxylic acids is 2. The highest BCUT2D eigenvalue weighted by Crippen LogP contribution is 2.29. The Labute approximate surface area is 164 Å². The Kier molecular flexibility index (Phi) is 7.14. The van der Waals surface area contributed by atoms with Crippen molar-refractivity contribution in [2.75, 3.05) is 11.9 Å². The lowest BCUT2D eigenvalue weighted by atomic mass is 10.2. The molecule has 0 saturated carbocycles. The predicted octanol–water partition coefficient (Wildman–Crippen LogP) is 5.50. The second-order valence-electron chi connectivity index (χ2n) is 4.76. The van der Waals surface area contributed by atoms with Crippen molar-refractivity contribution in [2.24, 2.45) is 0 Å². The maximum atomic E-state index is 11.8. The van der Waals surface area contributed by atoms with Gasteiger partial charge in [-0.15, -0.1) is 0 Å².